The number of carbonyl (C=O) groups excluding carboxylic acids is 1. The van der Waals surface area contributed by atoms with Gasteiger partial charge in [-0.05, 0) is 45.0 Å². The molecule has 0 radical (unpaired) electrons. The van der Waals surface area contributed by atoms with Gasteiger partial charge in [-0.1, -0.05) is 25.0 Å². The van der Waals surface area contributed by atoms with Gasteiger partial charge in [0.2, 0.25) is 5.91 Å². The Balaban J connectivity index is 2.12. The van der Waals surface area contributed by atoms with E-state index in [1.165, 1.54) is 18.9 Å². The van der Waals surface area contributed by atoms with Gasteiger partial charge in [-0.15, -0.1) is 0 Å². The summed E-state index contributed by atoms with van der Waals surface area (Å²) in [6.07, 6.45) is 5.79. The summed E-state index contributed by atoms with van der Waals surface area (Å²) in [5.41, 5.74) is 0.358. The Labute approximate surface area is 132 Å². The van der Waals surface area contributed by atoms with E-state index in [2.05, 4.69) is 10.2 Å². The first-order chi connectivity index (χ1) is 10.4. The van der Waals surface area contributed by atoms with Crippen LogP contribution in [0.2, 0.25) is 0 Å². The normalized spacial score (nSPS) is 18.5. The monoisotopic (exact) mass is 324 g/mol. The highest BCUT2D eigenvalue weighted by Gasteiger charge is 2.23. The minimum atomic E-state index is -3.36. The number of benzene rings is 1. The highest BCUT2D eigenvalue weighted by atomic mass is 32.2. The van der Waals surface area contributed by atoms with Gasteiger partial charge in [-0.25, -0.2) is 8.42 Å². The van der Waals surface area contributed by atoms with Crippen molar-refractivity contribution in [3.8, 4) is 0 Å². The standard InChI is InChI=1S/C16H24N2O3S/c1-13(18-11-7-3-4-8-12-18)16(19)17-14-9-5-6-10-15(14)22(2,20)21/h5-6,9-10,13H,3-4,7-8,11-12H2,1-2H3,(H,17,19). The number of sulfone groups is 1. The smallest absolute Gasteiger partial charge is 0.241 e. The minimum Gasteiger partial charge on any atom is -0.324 e. The number of amides is 1. The molecular weight excluding hydrogens is 300 g/mol. The van der Waals surface area contributed by atoms with E-state index >= 15 is 0 Å². The number of hydrogen-bond acceptors (Lipinski definition) is 4. The van der Waals surface area contributed by atoms with E-state index in [4.69, 9.17) is 0 Å². The number of carbonyl (C=O) groups is 1. The van der Waals surface area contributed by atoms with Crippen LogP contribution in [0.25, 0.3) is 0 Å². The van der Waals surface area contributed by atoms with Crippen LogP contribution in [0.3, 0.4) is 0 Å². The van der Waals surface area contributed by atoms with Gasteiger partial charge >= 0.3 is 0 Å². The molecule has 1 aromatic carbocycles. The van der Waals surface area contributed by atoms with E-state index in [1.807, 2.05) is 6.92 Å². The lowest BCUT2D eigenvalue weighted by Gasteiger charge is -2.26. The largest absolute Gasteiger partial charge is 0.324 e. The molecule has 1 amide bonds. The summed E-state index contributed by atoms with van der Waals surface area (Å²) < 4.78 is 23.6. The maximum atomic E-state index is 12.5. The first-order valence-corrected chi connectivity index (χ1v) is 9.63. The third-order valence-corrected chi connectivity index (χ3v) is 5.27. The molecule has 2 rings (SSSR count). The summed E-state index contributed by atoms with van der Waals surface area (Å²) in [6, 6.07) is 6.27. The van der Waals surface area contributed by atoms with Crippen LogP contribution in [0.1, 0.15) is 32.6 Å². The zero-order valence-electron chi connectivity index (χ0n) is 13.2. The van der Waals surface area contributed by atoms with E-state index in [0.717, 1.165) is 32.2 Å². The third-order valence-electron chi connectivity index (χ3n) is 4.11. The molecule has 1 heterocycles. The lowest BCUT2D eigenvalue weighted by atomic mass is 10.2. The molecule has 1 N–H and O–H groups in total. The minimum absolute atomic E-state index is 0.155. The van der Waals surface area contributed by atoms with Crippen LogP contribution in [-0.4, -0.2) is 44.6 Å². The molecule has 1 saturated heterocycles. The van der Waals surface area contributed by atoms with E-state index in [9.17, 15) is 13.2 Å². The van der Waals surface area contributed by atoms with E-state index < -0.39 is 9.84 Å². The predicted octanol–water partition coefficient (Wildman–Crippen LogP) is 2.29. The number of nitrogens with zero attached hydrogens (tertiary/aromatic N) is 1. The van der Waals surface area contributed by atoms with Crippen molar-refractivity contribution in [3.05, 3.63) is 24.3 Å². The van der Waals surface area contributed by atoms with Crippen LogP contribution in [0, 0.1) is 0 Å². The lowest BCUT2D eigenvalue weighted by Crippen LogP contribution is -2.42. The number of nitrogens with one attached hydrogen (secondary N) is 1. The van der Waals surface area contributed by atoms with Crippen LogP contribution >= 0.6 is 0 Å². The molecule has 122 valence electrons. The molecule has 1 fully saturated rings. The summed E-state index contributed by atoms with van der Waals surface area (Å²) in [6.45, 7) is 3.72. The maximum absolute atomic E-state index is 12.5. The Morgan fingerprint density at radius 2 is 1.73 bits per heavy atom. The van der Waals surface area contributed by atoms with Crippen molar-refractivity contribution in [2.45, 2.75) is 43.5 Å². The summed E-state index contributed by atoms with van der Waals surface area (Å²) in [4.78, 5) is 14.8. The molecule has 0 aliphatic carbocycles. The fourth-order valence-electron chi connectivity index (χ4n) is 2.78. The van der Waals surface area contributed by atoms with Gasteiger partial charge in [-0.2, -0.15) is 0 Å². The molecule has 6 heteroatoms. The Hall–Kier alpha value is -1.40. The number of hydrogen-bond donors (Lipinski definition) is 1. The van der Waals surface area contributed by atoms with Gasteiger partial charge in [0.25, 0.3) is 0 Å². The van der Waals surface area contributed by atoms with Crippen molar-refractivity contribution in [2.24, 2.45) is 0 Å². The third kappa shape index (κ3) is 4.30. The molecule has 0 bridgehead atoms. The van der Waals surface area contributed by atoms with Gasteiger partial charge in [0.1, 0.15) is 0 Å². The summed E-state index contributed by atoms with van der Waals surface area (Å²) in [5, 5.41) is 2.77. The Kier molecular flexibility index (Phi) is 5.58. The molecule has 0 aromatic heterocycles. The van der Waals surface area contributed by atoms with Crippen molar-refractivity contribution < 1.29 is 13.2 Å². The summed E-state index contributed by atoms with van der Waals surface area (Å²) in [7, 11) is -3.36. The zero-order valence-corrected chi connectivity index (χ0v) is 14.0. The van der Waals surface area contributed by atoms with E-state index in [0.29, 0.717) is 5.69 Å². The lowest BCUT2D eigenvalue weighted by molar-refractivity contribution is -0.120. The topological polar surface area (TPSA) is 66.5 Å². The summed E-state index contributed by atoms with van der Waals surface area (Å²) in [5.74, 6) is -0.155. The second-order valence-electron chi connectivity index (χ2n) is 5.88. The van der Waals surface area contributed by atoms with Crippen molar-refractivity contribution >= 4 is 21.4 Å². The molecule has 1 aliphatic heterocycles. The van der Waals surface area contributed by atoms with Crippen LogP contribution in [0.4, 0.5) is 5.69 Å². The number of anilines is 1. The average molecular weight is 324 g/mol. The van der Waals surface area contributed by atoms with Gasteiger partial charge in [-0.3, -0.25) is 9.69 Å². The summed E-state index contributed by atoms with van der Waals surface area (Å²) >= 11 is 0. The predicted molar refractivity (Wildman–Crippen MR) is 87.7 cm³/mol. The van der Waals surface area contributed by atoms with Crippen molar-refractivity contribution in [1.29, 1.82) is 0 Å². The molecule has 0 saturated carbocycles. The zero-order chi connectivity index (χ0) is 16.2. The molecule has 5 nitrogen and oxygen atoms in total. The fraction of sp³-hybridized carbons (Fsp3) is 0.562. The number of rotatable bonds is 4. The van der Waals surface area contributed by atoms with Gasteiger partial charge < -0.3 is 5.32 Å². The highest BCUT2D eigenvalue weighted by Crippen LogP contribution is 2.21. The Morgan fingerprint density at radius 1 is 1.14 bits per heavy atom. The highest BCUT2D eigenvalue weighted by molar-refractivity contribution is 7.90. The van der Waals surface area contributed by atoms with Crippen molar-refractivity contribution in [3.63, 3.8) is 0 Å². The Morgan fingerprint density at radius 3 is 2.32 bits per heavy atom. The second-order valence-corrected chi connectivity index (χ2v) is 7.87. The number of para-hydroxylation sites is 1. The van der Waals surface area contributed by atoms with Crippen LogP contribution in [-0.2, 0) is 14.6 Å². The van der Waals surface area contributed by atoms with Crippen molar-refractivity contribution in [1.82, 2.24) is 4.90 Å². The van der Waals surface area contributed by atoms with E-state index in [-0.39, 0.29) is 16.8 Å². The molecule has 0 spiro atoms. The SMILES string of the molecule is CC(C(=O)Nc1ccccc1S(C)(=O)=O)N1CCCCCC1. The van der Waals surface area contributed by atoms with E-state index in [1.54, 1.807) is 18.2 Å². The maximum Gasteiger partial charge on any atom is 0.241 e. The molecular formula is C16H24N2O3S. The van der Waals surface area contributed by atoms with Crippen LogP contribution in [0.15, 0.2) is 29.2 Å². The van der Waals surface area contributed by atoms with Crippen LogP contribution in [0.5, 0.6) is 0 Å². The first kappa shape index (κ1) is 17.0. The fourth-order valence-corrected chi connectivity index (χ4v) is 3.62. The van der Waals surface area contributed by atoms with Gasteiger partial charge in [0.15, 0.2) is 9.84 Å². The molecule has 1 unspecified atom stereocenters. The second kappa shape index (κ2) is 7.24. The molecule has 1 aromatic rings. The van der Waals surface area contributed by atoms with Crippen LogP contribution < -0.4 is 5.32 Å². The van der Waals surface area contributed by atoms with Gasteiger partial charge in [0, 0.05) is 6.26 Å². The molecule has 1 aliphatic rings. The first-order valence-electron chi connectivity index (χ1n) is 7.73. The molecule has 22 heavy (non-hydrogen) atoms. The molecule has 1 atom stereocenters. The average Bonchev–Trinajstić information content (AvgIpc) is 2.75. The van der Waals surface area contributed by atoms with Gasteiger partial charge in [0.05, 0.1) is 16.6 Å². The number of likely N-dealkylation sites (tertiary alicyclic amines) is 1. The van der Waals surface area contributed by atoms with Crippen molar-refractivity contribution in [2.75, 3.05) is 24.7 Å². The Bertz CT molecular complexity index is 620. The quantitative estimate of drug-likeness (QED) is 0.923.